The Morgan fingerprint density at radius 1 is 1.23 bits per heavy atom. The molecule has 0 aliphatic heterocycles. The Balaban J connectivity index is 3.01. The largest absolute Gasteiger partial charge is 0.497 e. The second-order valence-electron chi connectivity index (χ2n) is 2.97. The summed E-state index contributed by atoms with van der Waals surface area (Å²) in [6, 6.07) is 7.16. The zero-order valence-electron chi connectivity index (χ0n) is 7.98. The Morgan fingerprint density at radius 2 is 1.77 bits per heavy atom. The maximum atomic E-state index is 11.3. The zero-order valence-corrected chi connectivity index (χ0v) is 8.80. The van der Waals surface area contributed by atoms with Crippen LogP contribution >= 0.6 is 0 Å². The maximum absolute atomic E-state index is 11.3. The van der Waals surface area contributed by atoms with Crippen molar-refractivity contribution in [1.82, 2.24) is 0 Å². The van der Waals surface area contributed by atoms with E-state index in [2.05, 4.69) is 4.36 Å². The summed E-state index contributed by atoms with van der Waals surface area (Å²) < 4.78 is 20.3. The molecule has 0 radical (unpaired) electrons. The lowest BCUT2D eigenvalue weighted by molar-refractivity contribution is 0.415. The minimum absolute atomic E-state index is 0.718. The van der Waals surface area contributed by atoms with Gasteiger partial charge in [0.1, 0.15) is 5.75 Å². The monoisotopic (exact) mass is 199 g/mol. The summed E-state index contributed by atoms with van der Waals surface area (Å²) in [7, 11) is -0.456. The van der Waals surface area contributed by atoms with Crippen molar-refractivity contribution in [2.45, 2.75) is 0 Å². The molecule has 0 spiro atoms. The van der Waals surface area contributed by atoms with Gasteiger partial charge in [0.05, 0.1) is 12.8 Å². The van der Waals surface area contributed by atoms with Crippen LogP contribution in [-0.2, 0) is 9.73 Å². The van der Waals surface area contributed by atoms with Crippen molar-refractivity contribution in [2.24, 2.45) is 4.36 Å². The summed E-state index contributed by atoms with van der Waals surface area (Å²) in [6.45, 7) is 0. The Morgan fingerprint density at radius 3 is 2.15 bits per heavy atom. The molecule has 1 rings (SSSR count). The molecule has 13 heavy (non-hydrogen) atoms. The molecule has 0 amide bonds. The normalized spacial score (nSPS) is 11.0. The number of hydrogen-bond donors (Lipinski definition) is 0. The van der Waals surface area contributed by atoms with Crippen LogP contribution in [0.4, 0.5) is 5.69 Å². The lowest BCUT2D eigenvalue weighted by Crippen LogP contribution is -1.88. The van der Waals surface area contributed by atoms with Crippen LogP contribution < -0.4 is 4.74 Å². The minimum Gasteiger partial charge on any atom is -0.497 e. The predicted molar refractivity (Wildman–Crippen MR) is 55.1 cm³/mol. The second-order valence-corrected chi connectivity index (χ2v) is 5.52. The quantitative estimate of drug-likeness (QED) is 0.731. The van der Waals surface area contributed by atoms with E-state index in [9.17, 15) is 4.21 Å². The van der Waals surface area contributed by atoms with Gasteiger partial charge >= 0.3 is 0 Å². The smallest absolute Gasteiger partial charge is 0.119 e. The summed E-state index contributed by atoms with van der Waals surface area (Å²) in [5, 5.41) is 0. The molecule has 4 heteroatoms. The highest BCUT2D eigenvalue weighted by Gasteiger charge is 1.94. The van der Waals surface area contributed by atoms with E-state index >= 15 is 0 Å². The van der Waals surface area contributed by atoms with E-state index in [0.717, 1.165) is 11.4 Å². The number of nitrogens with zero attached hydrogens (tertiary/aromatic N) is 1. The number of hydrogen-bond acceptors (Lipinski definition) is 3. The summed E-state index contributed by atoms with van der Waals surface area (Å²) in [5.74, 6) is 0.776. The van der Waals surface area contributed by atoms with Gasteiger partial charge in [-0.2, -0.15) is 4.36 Å². The highest BCUT2D eigenvalue weighted by Crippen LogP contribution is 2.18. The molecular weight excluding hydrogens is 186 g/mol. The molecule has 0 saturated heterocycles. The van der Waals surface area contributed by atoms with Crippen LogP contribution in [-0.4, -0.2) is 23.8 Å². The third-order valence-electron chi connectivity index (χ3n) is 1.40. The lowest BCUT2D eigenvalue weighted by atomic mass is 10.3. The first kappa shape index (κ1) is 10.1. The molecule has 0 saturated carbocycles. The lowest BCUT2D eigenvalue weighted by Gasteiger charge is -1.99. The van der Waals surface area contributed by atoms with Gasteiger partial charge in [0.2, 0.25) is 0 Å². The second kappa shape index (κ2) is 3.79. The van der Waals surface area contributed by atoms with Gasteiger partial charge in [0.25, 0.3) is 0 Å². The Bertz CT molecular complexity index is 381. The molecule has 72 valence electrons. The zero-order chi connectivity index (χ0) is 9.90. The third-order valence-corrected chi connectivity index (χ3v) is 2.05. The maximum Gasteiger partial charge on any atom is 0.119 e. The van der Waals surface area contributed by atoms with Crippen molar-refractivity contribution >= 4 is 15.4 Å². The molecule has 0 aliphatic carbocycles. The standard InChI is InChI=1S/C9H13NO2S/c1-12-9-6-4-8(5-7-9)10-13(2,3)11/h4-7H,1-3H3. The SMILES string of the molecule is COc1ccc(N=S(C)(C)=O)cc1. The van der Waals surface area contributed by atoms with E-state index in [-0.39, 0.29) is 0 Å². The first-order chi connectivity index (χ1) is 6.01. The van der Waals surface area contributed by atoms with Crippen molar-refractivity contribution in [1.29, 1.82) is 0 Å². The van der Waals surface area contributed by atoms with E-state index in [1.807, 2.05) is 0 Å². The topological polar surface area (TPSA) is 38.7 Å². The molecule has 0 N–H and O–H groups in total. The first-order valence-electron chi connectivity index (χ1n) is 3.82. The first-order valence-corrected chi connectivity index (χ1v) is 6.15. The molecule has 0 aliphatic rings. The van der Waals surface area contributed by atoms with Crippen LogP contribution in [0.2, 0.25) is 0 Å². The molecule has 1 aromatic rings. The summed E-state index contributed by atoms with van der Waals surface area (Å²) in [5.41, 5.74) is 0.718. The predicted octanol–water partition coefficient (Wildman–Crippen LogP) is 2.05. The van der Waals surface area contributed by atoms with Crippen LogP contribution in [0.3, 0.4) is 0 Å². The van der Waals surface area contributed by atoms with Gasteiger partial charge in [0.15, 0.2) is 0 Å². The fourth-order valence-corrected chi connectivity index (χ4v) is 1.53. The number of methoxy groups -OCH3 is 1. The Labute approximate surface area is 78.9 Å². The summed E-state index contributed by atoms with van der Waals surface area (Å²) >= 11 is 0. The molecule has 0 heterocycles. The van der Waals surface area contributed by atoms with Gasteiger partial charge in [-0.1, -0.05) is 0 Å². The van der Waals surface area contributed by atoms with Crippen molar-refractivity contribution in [3.63, 3.8) is 0 Å². The fourth-order valence-electron chi connectivity index (χ4n) is 0.897. The average molecular weight is 199 g/mol. The minimum atomic E-state index is -2.06. The van der Waals surface area contributed by atoms with Gasteiger partial charge in [-0.15, -0.1) is 0 Å². The number of ether oxygens (including phenoxy) is 1. The van der Waals surface area contributed by atoms with Gasteiger partial charge < -0.3 is 4.74 Å². The number of rotatable bonds is 2. The van der Waals surface area contributed by atoms with Crippen LogP contribution in [0.1, 0.15) is 0 Å². The fraction of sp³-hybridized carbons (Fsp3) is 0.333. The van der Waals surface area contributed by atoms with E-state index in [1.54, 1.807) is 43.9 Å². The number of benzene rings is 1. The van der Waals surface area contributed by atoms with Crippen molar-refractivity contribution in [2.75, 3.05) is 19.6 Å². The molecule has 3 nitrogen and oxygen atoms in total. The van der Waals surface area contributed by atoms with E-state index in [4.69, 9.17) is 4.74 Å². The average Bonchev–Trinajstić information content (AvgIpc) is 2.03. The summed E-state index contributed by atoms with van der Waals surface area (Å²) in [6.07, 6.45) is 3.22. The van der Waals surface area contributed by atoms with Crippen LogP contribution in [0.5, 0.6) is 5.75 Å². The molecule has 1 aromatic carbocycles. The Hall–Kier alpha value is -1.03. The van der Waals surface area contributed by atoms with Crippen LogP contribution in [0, 0.1) is 0 Å². The van der Waals surface area contributed by atoms with Crippen LogP contribution in [0.25, 0.3) is 0 Å². The third kappa shape index (κ3) is 3.46. The molecule has 0 bridgehead atoms. The molecular formula is C9H13NO2S. The van der Waals surface area contributed by atoms with Gasteiger partial charge in [0, 0.05) is 22.2 Å². The van der Waals surface area contributed by atoms with E-state index in [0.29, 0.717) is 0 Å². The molecule has 0 fully saturated rings. The van der Waals surface area contributed by atoms with E-state index in [1.165, 1.54) is 0 Å². The van der Waals surface area contributed by atoms with Gasteiger partial charge in [-0.3, -0.25) is 0 Å². The van der Waals surface area contributed by atoms with E-state index < -0.39 is 9.73 Å². The van der Waals surface area contributed by atoms with Crippen molar-refractivity contribution in [3.8, 4) is 5.75 Å². The van der Waals surface area contributed by atoms with Crippen LogP contribution in [0.15, 0.2) is 28.6 Å². The molecule has 0 unspecified atom stereocenters. The van der Waals surface area contributed by atoms with Crippen molar-refractivity contribution < 1.29 is 8.95 Å². The highest BCUT2D eigenvalue weighted by molar-refractivity contribution is 7.92. The Kier molecular flexibility index (Phi) is 2.93. The van der Waals surface area contributed by atoms with Gasteiger partial charge in [-0.05, 0) is 24.3 Å². The van der Waals surface area contributed by atoms with Gasteiger partial charge in [-0.25, -0.2) is 4.21 Å². The van der Waals surface area contributed by atoms with Crippen molar-refractivity contribution in [3.05, 3.63) is 24.3 Å². The molecule has 0 aromatic heterocycles. The summed E-state index contributed by atoms with van der Waals surface area (Å²) in [4.78, 5) is 0. The highest BCUT2D eigenvalue weighted by atomic mass is 32.2. The molecule has 0 atom stereocenters.